The molecular weight excluding hydrogens is 330 g/mol. The Hall–Kier alpha value is -1.80. The second-order valence-corrected chi connectivity index (χ2v) is 7.59. The third kappa shape index (κ3) is 4.39. The molecular formula is C16H25N3O4S. The molecule has 24 heavy (non-hydrogen) atoms. The second kappa shape index (κ2) is 8.34. The number of hydrogen-bond acceptors (Lipinski definition) is 4. The summed E-state index contributed by atoms with van der Waals surface area (Å²) in [6, 6.07) is 6.24. The van der Waals surface area contributed by atoms with Crippen LogP contribution in [0.1, 0.15) is 19.8 Å². The van der Waals surface area contributed by atoms with Crippen LogP contribution in [0.2, 0.25) is 0 Å². The first-order chi connectivity index (χ1) is 11.5. The number of nitrogens with one attached hydrogen (secondary N) is 1. The molecule has 1 aromatic rings. The summed E-state index contributed by atoms with van der Waals surface area (Å²) in [4.78, 5) is 14.0. The SMILES string of the molecule is CCCNC(=O)N1CCCN(S(=O)(=O)c2ccc(OC)cc2)CC1. The van der Waals surface area contributed by atoms with Crippen molar-refractivity contribution in [1.82, 2.24) is 14.5 Å². The number of urea groups is 1. The van der Waals surface area contributed by atoms with Crippen molar-refractivity contribution in [3.63, 3.8) is 0 Å². The molecule has 1 aliphatic heterocycles. The number of benzene rings is 1. The molecule has 0 atom stereocenters. The molecule has 0 aromatic heterocycles. The van der Waals surface area contributed by atoms with E-state index in [0.29, 0.717) is 44.9 Å². The fourth-order valence-corrected chi connectivity index (χ4v) is 4.05. The summed E-state index contributed by atoms with van der Waals surface area (Å²) in [7, 11) is -2.02. The third-order valence-corrected chi connectivity index (χ3v) is 5.88. The van der Waals surface area contributed by atoms with E-state index < -0.39 is 10.0 Å². The smallest absolute Gasteiger partial charge is 0.317 e. The molecule has 134 valence electrons. The highest BCUT2D eigenvalue weighted by atomic mass is 32.2. The van der Waals surface area contributed by atoms with E-state index in [1.807, 2.05) is 6.92 Å². The zero-order valence-corrected chi connectivity index (χ0v) is 15.0. The number of amides is 2. The summed E-state index contributed by atoms with van der Waals surface area (Å²) in [6.07, 6.45) is 1.49. The van der Waals surface area contributed by atoms with Crippen molar-refractivity contribution < 1.29 is 17.9 Å². The number of methoxy groups -OCH3 is 1. The molecule has 1 fully saturated rings. The molecule has 0 spiro atoms. The Bertz CT molecular complexity index is 646. The molecule has 1 aliphatic rings. The molecule has 8 heteroatoms. The predicted molar refractivity (Wildman–Crippen MR) is 91.6 cm³/mol. The summed E-state index contributed by atoms with van der Waals surface area (Å²) in [6.45, 7) is 4.28. The number of ether oxygens (including phenoxy) is 1. The molecule has 0 unspecified atom stereocenters. The van der Waals surface area contributed by atoms with Gasteiger partial charge in [-0.3, -0.25) is 0 Å². The van der Waals surface area contributed by atoms with Crippen molar-refractivity contribution in [2.75, 3.05) is 39.8 Å². The maximum Gasteiger partial charge on any atom is 0.317 e. The van der Waals surface area contributed by atoms with Crippen molar-refractivity contribution in [1.29, 1.82) is 0 Å². The zero-order valence-electron chi connectivity index (χ0n) is 14.2. The van der Waals surface area contributed by atoms with Crippen LogP contribution in [0.4, 0.5) is 4.79 Å². The van der Waals surface area contributed by atoms with Crippen LogP contribution in [-0.2, 0) is 10.0 Å². The summed E-state index contributed by atoms with van der Waals surface area (Å²) >= 11 is 0. The topological polar surface area (TPSA) is 79.0 Å². The molecule has 0 aliphatic carbocycles. The predicted octanol–water partition coefficient (Wildman–Crippen LogP) is 1.51. The van der Waals surface area contributed by atoms with Crippen LogP contribution in [-0.4, -0.2) is 63.5 Å². The Balaban J connectivity index is 2.05. The molecule has 7 nitrogen and oxygen atoms in total. The summed E-state index contributed by atoms with van der Waals surface area (Å²) in [5.41, 5.74) is 0. The second-order valence-electron chi connectivity index (χ2n) is 5.65. The minimum atomic E-state index is -3.56. The Morgan fingerprint density at radius 3 is 2.50 bits per heavy atom. The lowest BCUT2D eigenvalue weighted by Crippen LogP contribution is -2.42. The van der Waals surface area contributed by atoms with Crippen LogP contribution >= 0.6 is 0 Å². The van der Waals surface area contributed by atoms with Gasteiger partial charge in [0.25, 0.3) is 0 Å². The van der Waals surface area contributed by atoms with Gasteiger partial charge in [0.05, 0.1) is 12.0 Å². The average molecular weight is 355 g/mol. The lowest BCUT2D eigenvalue weighted by molar-refractivity contribution is 0.200. The zero-order chi connectivity index (χ0) is 17.6. The van der Waals surface area contributed by atoms with E-state index in [0.717, 1.165) is 6.42 Å². The van der Waals surface area contributed by atoms with Gasteiger partial charge in [-0.15, -0.1) is 0 Å². The fourth-order valence-electron chi connectivity index (χ4n) is 2.58. The normalized spacial score (nSPS) is 16.5. The number of carbonyl (C=O) groups is 1. The fraction of sp³-hybridized carbons (Fsp3) is 0.562. The van der Waals surface area contributed by atoms with Crippen molar-refractivity contribution in [3.8, 4) is 5.75 Å². The number of hydrogen-bond donors (Lipinski definition) is 1. The van der Waals surface area contributed by atoms with E-state index >= 15 is 0 Å². The van der Waals surface area contributed by atoms with Crippen LogP contribution in [0, 0.1) is 0 Å². The Morgan fingerprint density at radius 1 is 1.17 bits per heavy atom. The van der Waals surface area contributed by atoms with Gasteiger partial charge in [-0.2, -0.15) is 4.31 Å². The van der Waals surface area contributed by atoms with E-state index in [4.69, 9.17) is 4.74 Å². The Labute approximate surface area is 143 Å². The number of nitrogens with zero attached hydrogens (tertiary/aromatic N) is 2. The van der Waals surface area contributed by atoms with Crippen molar-refractivity contribution in [2.24, 2.45) is 0 Å². The molecule has 0 saturated carbocycles. The van der Waals surface area contributed by atoms with Crippen LogP contribution in [0.25, 0.3) is 0 Å². The molecule has 1 N–H and O–H groups in total. The van der Waals surface area contributed by atoms with Gasteiger partial charge < -0.3 is 15.0 Å². The summed E-state index contributed by atoms with van der Waals surface area (Å²) < 4.78 is 32.0. The largest absolute Gasteiger partial charge is 0.497 e. The van der Waals surface area contributed by atoms with Gasteiger partial charge in [0.15, 0.2) is 0 Å². The lowest BCUT2D eigenvalue weighted by Gasteiger charge is -2.22. The van der Waals surface area contributed by atoms with Gasteiger partial charge in [0.2, 0.25) is 10.0 Å². The van der Waals surface area contributed by atoms with Crippen molar-refractivity contribution in [3.05, 3.63) is 24.3 Å². The highest BCUT2D eigenvalue weighted by Crippen LogP contribution is 2.20. The molecule has 1 heterocycles. The average Bonchev–Trinajstić information content (AvgIpc) is 2.86. The standard InChI is InChI=1S/C16H25N3O4S/c1-3-9-17-16(20)18-10-4-11-19(13-12-18)24(21,22)15-7-5-14(23-2)6-8-15/h5-8H,3-4,9-13H2,1-2H3,(H,17,20). The highest BCUT2D eigenvalue weighted by Gasteiger charge is 2.28. The quantitative estimate of drug-likeness (QED) is 0.868. The van der Waals surface area contributed by atoms with Crippen LogP contribution in [0.3, 0.4) is 0 Å². The maximum atomic E-state index is 12.8. The summed E-state index contributed by atoms with van der Waals surface area (Å²) in [5.74, 6) is 0.614. The Kier molecular flexibility index (Phi) is 6.44. The van der Waals surface area contributed by atoms with E-state index in [9.17, 15) is 13.2 Å². The number of sulfonamides is 1. The number of rotatable bonds is 5. The number of carbonyl (C=O) groups excluding carboxylic acids is 1. The molecule has 0 bridgehead atoms. The maximum absolute atomic E-state index is 12.8. The summed E-state index contributed by atoms with van der Waals surface area (Å²) in [5, 5.41) is 2.83. The van der Waals surface area contributed by atoms with Gasteiger partial charge in [-0.05, 0) is 37.1 Å². The van der Waals surface area contributed by atoms with Crippen LogP contribution < -0.4 is 10.1 Å². The van der Waals surface area contributed by atoms with Gasteiger partial charge in [-0.25, -0.2) is 13.2 Å². The van der Waals surface area contributed by atoms with Crippen LogP contribution in [0.5, 0.6) is 5.75 Å². The van der Waals surface area contributed by atoms with Crippen LogP contribution in [0.15, 0.2) is 29.2 Å². The van der Waals surface area contributed by atoms with Gasteiger partial charge in [0.1, 0.15) is 5.75 Å². The molecule has 1 saturated heterocycles. The Morgan fingerprint density at radius 2 is 1.88 bits per heavy atom. The minimum Gasteiger partial charge on any atom is -0.497 e. The monoisotopic (exact) mass is 355 g/mol. The van der Waals surface area contributed by atoms with E-state index in [2.05, 4.69) is 5.32 Å². The molecule has 0 radical (unpaired) electrons. The van der Waals surface area contributed by atoms with Gasteiger partial charge in [-0.1, -0.05) is 6.92 Å². The first kappa shape index (κ1) is 18.5. The van der Waals surface area contributed by atoms with E-state index in [1.54, 1.807) is 29.2 Å². The highest BCUT2D eigenvalue weighted by molar-refractivity contribution is 7.89. The van der Waals surface area contributed by atoms with E-state index in [-0.39, 0.29) is 10.9 Å². The minimum absolute atomic E-state index is 0.124. The molecule has 1 aromatic carbocycles. The third-order valence-electron chi connectivity index (χ3n) is 3.97. The van der Waals surface area contributed by atoms with Gasteiger partial charge in [0, 0.05) is 32.7 Å². The molecule has 2 rings (SSSR count). The lowest BCUT2D eigenvalue weighted by atomic mass is 10.3. The van der Waals surface area contributed by atoms with Crippen molar-refractivity contribution in [2.45, 2.75) is 24.7 Å². The first-order valence-electron chi connectivity index (χ1n) is 8.16. The van der Waals surface area contributed by atoms with Crippen molar-refractivity contribution >= 4 is 16.1 Å². The first-order valence-corrected chi connectivity index (χ1v) is 9.60. The van der Waals surface area contributed by atoms with Gasteiger partial charge >= 0.3 is 6.03 Å². The van der Waals surface area contributed by atoms with E-state index in [1.165, 1.54) is 11.4 Å². The molecule has 2 amide bonds.